The Morgan fingerprint density at radius 2 is 2.04 bits per heavy atom. The molecule has 1 aliphatic rings. The van der Waals surface area contributed by atoms with Gasteiger partial charge >= 0.3 is 0 Å². The quantitative estimate of drug-likeness (QED) is 0.867. The highest BCUT2D eigenvalue weighted by molar-refractivity contribution is 6.31. The van der Waals surface area contributed by atoms with Crippen molar-refractivity contribution in [1.82, 2.24) is 4.90 Å². The molecule has 1 amide bonds. The van der Waals surface area contributed by atoms with E-state index in [1.165, 1.54) is 5.56 Å². The number of likely N-dealkylation sites (tertiary alicyclic amines) is 1. The second kappa shape index (κ2) is 7.82. The molecule has 3 nitrogen and oxygen atoms in total. The molecule has 0 spiro atoms. The van der Waals surface area contributed by atoms with Gasteiger partial charge in [-0.2, -0.15) is 0 Å². The number of carbonyl (C=O) groups is 1. The predicted molar refractivity (Wildman–Crippen MR) is 99.3 cm³/mol. The van der Waals surface area contributed by atoms with Crippen molar-refractivity contribution < 1.29 is 4.79 Å². The molecule has 126 valence electrons. The van der Waals surface area contributed by atoms with Crippen LogP contribution in [0, 0.1) is 12.8 Å². The van der Waals surface area contributed by atoms with E-state index in [0.717, 1.165) is 37.3 Å². The van der Waals surface area contributed by atoms with Gasteiger partial charge in [-0.1, -0.05) is 48.0 Å². The van der Waals surface area contributed by atoms with Crippen LogP contribution in [0.1, 0.15) is 24.0 Å². The van der Waals surface area contributed by atoms with Crippen molar-refractivity contribution in [3.05, 3.63) is 64.7 Å². The summed E-state index contributed by atoms with van der Waals surface area (Å²) >= 11 is 6.01. The molecule has 3 rings (SSSR count). The maximum atomic E-state index is 12.3. The van der Waals surface area contributed by atoms with Crippen molar-refractivity contribution in [2.75, 3.05) is 18.4 Å². The molecule has 2 aromatic rings. The number of amides is 1. The van der Waals surface area contributed by atoms with Crippen LogP contribution in [0.3, 0.4) is 0 Å². The van der Waals surface area contributed by atoms with Gasteiger partial charge in [0.1, 0.15) is 0 Å². The van der Waals surface area contributed by atoms with Crippen LogP contribution in [0.4, 0.5) is 5.69 Å². The van der Waals surface area contributed by atoms with Crippen molar-refractivity contribution in [1.29, 1.82) is 0 Å². The summed E-state index contributed by atoms with van der Waals surface area (Å²) in [5.74, 6) is 0.500. The van der Waals surface area contributed by atoms with E-state index >= 15 is 0 Å². The van der Waals surface area contributed by atoms with Gasteiger partial charge in [0.2, 0.25) is 5.91 Å². The van der Waals surface area contributed by atoms with Crippen LogP contribution < -0.4 is 5.32 Å². The lowest BCUT2D eigenvalue weighted by Crippen LogP contribution is -2.22. The Labute approximate surface area is 148 Å². The fraction of sp³-hybridized carbons (Fsp3) is 0.350. The first kappa shape index (κ1) is 17.0. The van der Waals surface area contributed by atoms with Crippen LogP contribution in [-0.2, 0) is 11.3 Å². The fourth-order valence-corrected chi connectivity index (χ4v) is 3.43. The third kappa shape index (κ3) is 4.59. The molecule has 2 aromatic carbocycles. The SMILES string of the molecule is Cc1ccc(Cl)cc1NC(=O)C[C@@H]1CCN(Cc2ccccc2)C1. The number of nitrogens with one attached hydrogen (secondary N) is 1. The van der Waals surface area contributed by atoms with E-state index < -0.39 is 0 Å². The minimum absolute atomic E-state index is 0.0759. The lowest BCUT2D eigenvalue weighted by molar-refractivity contribution is -0.117. The van der Waals surface area contributed by atoms with Crippen LogP contribution in [0.2, 0.25) is 5.02 Å². The van der Waals surface area contributed by atoms with E-state index in [0.29, 0.717) is 17.4 Å². The molecular weight excluding hydrogens is 320 g/mol. The number of nitrogens with zero attached hydrogens (tertiary/aromatic N) is 1. The summed E-state index contributed by atoms with van der Waals surface area (Å²) in [5, 5.41) is 3.64. The van der Waals surface area contributed by atoms with Gasteiger partial charge in [0.15, 0.2) is 0 Å². The monoisotopic (exact) mass is 342 g/mol. The summed E-state index contributed by atoms with van der Waals surface area (Å²) in [5.41, 5.74) is 3.17. The summed E-state index contributed by atoms with van der Waals surface area (Å²) in [7, 11) is 0. The minimum Gasteiger partial charge on any atom is -0.326 e. The molecule has 1 N–H and O–H groups in total. The summed E-state index contributed by atoms with van der Waals surface area (Å²) in [6.07, 6.45) is 1.64. The Balaban J connectivity index is 1.50. The first-order valence-corrected chi connectivity index (χ1v) is 8.80. The molecule has 0 aromatic heterocycles. The Morgan fingerprint density at radius 1 is 1.25 bits per heavy atom. The number of benzene rings is 2. The molecule has 4 heteroatoms. The average Bonchev–Trinajstić information content (AvgIpc) is 2.98. The van der Waals surface area contributed by atoms with Gasteiger partial charge in [-0.05, 0) is 49.1 Å². The van der Waals surface area contributed by atoms with E-state index in [9.17, 15) is 4.79 Å². The highest BCUT2D eigenvalue weighted by atomic mass is 35.5. The van der Waals surface area contributed by atoms with Crippen LogP contribution in [-0.4, -0.2) is 23.9 Å². The normalized spacial score (nSPS) is 17.8. The van der Waals surface area contributed by atoms with Crippen LogP contribution in [0.25, 0.3) is 0 Å². The zero-order valence-electron chi connectivity index (χ0n) is 14.0. The molecule has 1 atom stereocenters. The number of anilines is 1. The number of carbonyl (C=O) groups excluding carboxylic acids is 1. The summed E-state index contributed by atoms with van der Waals surface area (Å²) < 4.78 is 0. The molecule has 0 saturated carbocycles. The molecule has 0 unspecified atom stereocenters. The number of hydrogen-bond donors (Lipinski definition) is 1. The van der Waals surface area contributed by atoms with Crippen molar-refractivity contribution in [2.24, 2.45) is 5.92 Å². The minimum atomic E-state index is 0.0759. The van der Waals surface area contributed by atoms with Gasteiger partial charge in [-0.25, -0.2) is 0 Å². The Bertz CT molecular complexity index is 702. The predicted octanol–water partition coefficient (Wildman–Crippen LogP) is 4.50. The van der Waals surface area contributed by atoms with E-state index in [4.69, 9.17) is 11.6 Å². The molecule has 24 heavy (non-hydrogen) atoms. The highest BCUT2D eigenvalue weighted by Gasteiger charge is 2.24. The van der Waals surface area contributed by atoms with Crippen molar-refractivity contribution in [2.45, 2.75) is 26.3 Å². The highest BCUT2D eigenvalue weighted by Crippen LogP contribution is 2.24. The van der Waals surface area contributed by atoms with Crippen molar-refractivity contribution in [3.63, 3.8) is 0 Å². The van der Waals surface area contributed by atoms with Crippen molar-refractivity contribution in [3.8, 4) is 0 Å². The molecule has 1 aliphatic heterocycles. The van der Waals surface area contributed by atoms with Crippen molar-refractivity contribution >= 4 is 23.2 Å². The molecule has 1 fully saturated rings. The maximum Gasteiger partial charge on any atom is 0.224 e. The van der Waals surface area contributed by atoms with Gasteiger partial charge < -0.3 is 5.32 Å². The number of halogens is 1. The Hall–Kier alpha value is -1.84. The summed E-state index contributed by atoms with van der Waals surface area (Å²) in [6.45, 7) is 4.98. The smallest absolute Gasteiger partial charge is 0.224 e. The molecule has 0 radical (unpaired) electrons. The van der Waals surface area contributed by atoms with Gasteiger partial charge in [-0.15, -0.1) is 0 Å². The van der Waals surface area contributed by atoms with E-state index in [-0.39, 0.29) is 5.91 Å². The number of aryl methyl sites for hydroxylation is 1. The van der Waals surface area contributed by atoms with Crippen LogP contribution in [0.5, 0.6) is 0 Å². The number of hydrogen-bond acceptors (Lipinski definition) is 2. The van der Waals surface area contributed by atoms with Crippen LogP contribution >= 0.6 is 11.6 Å². The van der Waals surface area contributed by atoms with Crippen LogP contribution in [0.15, 0.2) is 48.5 Å². The molecule has 1 saturated heterocycles. The standard InChI is InChI=1S/C20H23ClN2O/c1-15-7-8-18(21)12-19(15)22-20(24)11-17-9-10-23(14-17)13-16-5-3-2-4-6-16/h2-8,12,17H,9-11,13-14H2,1H3,(H,22,24)/t17-/m0/s1. The Kier molecular flexibility index (Phi) is 5.54. The maximum absolute atomic E-state index is 12.3. The summed E-state index contributed by atoms with van der Waals surface area (Å²) in [4.78, 5) is 14.8. The third-order valence-electron chi connectivity index (χ3n) is 4.57. The van der Waals surface area contributed by atoms with E-state index in [1.54, 1.807) is 0 Å². The zero-order valence-corrected chi connectivity index (χ0v) is 14.7. The zero-order chi connectivity index (χ0) is 16.9. The number of rotatable bonds is 5. The third-order valence-corrected chi connectivity index (χ3v) is 4.80. The molecular formula is C20H23ClN2O. The van der Waals surface area contributed by atoms with Gasteiger partial charge in [-0.3, -0.25) is 9.69 Å². The molecule has 0 bridgehead atoms. The first-order valence-electron chi connectivity index (χ1n) is 8.42. The van der Waals surface area contributed by atoms with Gasteiger partial charge in [0.25, 0.3) is 0 Å². The molecule has 0 aliphatic carbocycles. The Morgan fingerprint density at radius 3 is 2.83 bits per heavy atom. The van der Waals surface area contributed by atoms with Gasteiger partial charge in [0.05, 0.1) is 0 Å². The lowest BCUT2D eigenvalue weighted by Gasteiger charge is -2.16. The second-order valence-corrected chi connectivity index (χ2v) is 7.02. The first-order chi connectivity index (χ1) is 11.6. The topological polar surface area (TPSA) is 32.3 Å². The summed E-state index contributed by atoms with van der Waals surface area (Å²) in [6, 6.07) is 16.1. The van der Waals surface area contributed by atoms with E-state index in [2.05, 4.69) is 34.5 Å². The fourth-order valence-electron chi connectivity index (χ4n) is 3.26. The van der Waals surface area contributed by atoms with E-state index in [1.807, 2.05) is 31.2 Å². The van der Waals surface area contributed by atoms with Gasteiger partial charge in [0, 0.05) is 30.2 Å². The molecule has 1 heterocycles. The average molecular weight is 343 g/mol. The second-order valence-electron chi connectivity index (χ2n) is 6.59. The largest absolute Gasteiger partial charge is 0.326 e. The lowest BCUT2D eigenvalue weighted by atomic mass is 10.0.